The van der Waals surface area contributed by atoms with E-state index in [-0.39, 0.29) is 0 Å². The molecular formula is C13H32ClN3S. The molecule has 0 aliphatic heterocycles. The van der Waals surface area contributed by atoms with E-state index < -0.39 is 9.80 Å². The van der Waals surface area contributed by atoms with Crippen LogP contribution in [0.1, 0.15) is 46.5 Å². The number of unbranched alkanes of at least 4 members (excludes halogenated alkanes) is 3. The van der Waals surface area contributed by atoms with Crippen molar-refractivity contribution in [2.24, 2.45) is 0 Å². The Labute approximate surface area is 121 Å². The van der Waals surface area contributed by atoms with Crippen LogP contribution in [0.5, 0.6) is 0 Å². The molecule has 0 bridgehead atoms. The lowest BCUT2D eigenvalue weighted by atomic mass is 10.2. The largest absolute Gasteiger partial charge is 0.236 e. The van der Waals surface area contributed by atoms with Crippen LogP contribution in [-0.4, -0.2) is 53.7 Å². The summed E-state index contributed by atoms with van der Waals surface area (Å²) in [6, 6.07) is 0. The van der Waals surface area contributed by atoms with Crippen LogP contribution >= 0.6 is 20.5 Å². The van der Waals surface area contributed by atoms with E-state index in [9.17, 15) is 0 Å². The van der Waals surface area contributed by atoms with Gasteiger partial charge in [-0.15, -0.1) is 0 Å². The highest BCUT2D eigenvalue weighted by molar-refractivity contribution is 8.46. The molecule has 0 aliphatic rings. The van der Waals surface area contributed by atoms with Crippen molar-refractivity contribution in [3.63, 3.8) is 0 Å². The topological polar surface area (TPSA) is 9.72 Å². The van der Waals surface area contributed by atoms with Gasteiger partial charge in [0.1, 0.15) is 0 Å². The van der Waals surface area contributed by atoms with Gasteiger partial charge in [-0.1, -0.05) is 40.0 Å². The fourth-order valence-electron chi connectivity index (χ4n) is 1.92. The summed E-state index contributed by atoms with van der Waals surface area (Å²) >= 11 is 0. The maximum atomic E-state index is 6.96. The quantitative estimate of drug-likeness (QED) is 0.562. The van der Waals surface area contributed by atoms with Crippen molar-refractivity contribution in [2.45, 2.75) is 46.5 Å². The molecule has 0 saturated heterocycles. The van der Waals surface area contributed by atoms with Gasteiger partial charge in [-0.2, -0.15) is 0 Å². The number of halogens is 1. The molecule has 0 unspecified atom stereocenters. The molecule has 0 spiro atoms. The van der Waals surface area contributed by atoms with Crippen LogP contribution < -0.4 is 0 Å². The lowest BCUT2D eigenvalue weighted by molar-refractivity contribution is 0.415. The average molecular weight is 298 g/mol. The standard InChI is InChI=1S/C13H32ClN3S/c1-7-10-11-12-13-17(6)18(14,15(4)8-2)16(5)9-3/h7-13H2,1-6H3. The zero-order valence-electron chi connectivity index (χ0n) is 13.1. The Morgan fingerprint density at radius 1 is 0.778 bits per heavy atom. The number of nitrogens with zero attached hydrogens (tertiary/aromatic N) is 3. The second-order valence-corrected chi connectivity index (χ2v) is 8.77. The lowest BCUT2D eigenvalue weighted by Crippen LogP contribution is -2.42. The van der Waals surface area contributed by atoms with Gasteiger partial charge in [0.2, 0.25) is 0 Å². The second kappa shape index (κ2) is 9.43. The first-order valence-electron chi connectivity index (χ1n) is 7.11. The van der Waals surface area contributed by atoms with Crippen molar-refractivity contribution in [3.05, 3.63) is 0 Å². The van der Waals surface area contributed by atoms with E-state index in [4.69, 9.17) is 10.7 Å². The van der Waals surface area contributed by atoms with Crippen LogP contribution in [0.25, 0.3) is 0 Å². The van der Waals surface area contributed by atoms with Gasteiger partial charge in [-0.3, -0.25) is 0 Å². The first-order chi connectivity index (χ1) is 8.44. The van der Waals surface area contributed by atoms with Crippen LogP contribution in [0.3, 0.4) is 0 Å². The van der Waals surface area contributed by atoms with Crippen molar-refractivity contribution in [1.29, 1.82) is 0 Å². The van der Waals surface area contributed by atoms with Crippen LogP contribution in [0.15, 0.2) is 0 Å². The van der Waals surface area contributed by atoms with Crippen LogP contribution in [0.4, 0.5) is 0 Å². The highest BCUT2D eigenvalue weighted by Crippen LogP contribution is 2.59. The van der Waals surface area contributed by atoms with Crippen LogP contribution in [0, 0.1) is 0 Å². The fraction of sp³-hybridized carbons (Fsp3) is 1.00. The Morgan fingerprint density at radius 2 is 1.28 bits per heavy atom. The molecule has 0 N–H and O–H groups in total. The molecule has 0 aromatic rings. The molecule has 0 atom stereocenters. The summed E-state index contributed by atoms with van der Waals surface area (Å²) in [5.41, 5.74) is 0. The highest BCUT2D eigenvalue weighted by Gasteiger charge is 2.33. The van der Waals surface area contributed by atoms with E-state index in [0.29, 0.717) is 0 Å². The third-order valence-electron chi connectivity index (χ3n) is 3.41. The zero-order valence-corrected chi connectivity index (χ0v) is 14.7. The Bertz CT molecular complexity index is 206. The minimum atomic E-state index is -1.49. The summed E-state index contributed by atoms with van der Waals surface area (Å²) < 4.78 is 6.90. The van der Waals surface area contributed by atoms with Crippen molar-refractivity contribution in [2.75, 3.05) is 40.8 Å². The van der Waals surface area contributed by atoms with Gasteiger partial charge in [0.05, 0.1) is 0 Å². The molecule has 0 aromatic heterocycles. The molecule has 0 radical (unpaired) electrons. The minimum Gasteiger partial charge on any atom is -0.236 e. The molecule has 5 heteroatoms. The second-order valence-electron chi connectivity index (χ2n) is 4.75. The van der Waals surface area contributed by atoms with E-state index in [1.54, 1.807) is 0 Å². The van der Waals surface area contributed by atoms with Crippen molar-refractivity contribution >= 4 is 20.5 Å². The molecule has 0 aromatic carbocycles. The number of hydrogen-bond donors (Lipinski definition) is 0. The SMILES string of the molecule is CCCCCCN(C)S(Cl)(N(C)CC)N(C)CC. The van der Waals surface area contributed by atoms with E-state index in [1.807, 2.05) is 0 Å². The number of rotatable bonds is 10. The van der Waals surface area contributed by atoms with E-state index in [2.05, 4.69) is 54.8 Å². The van der Waals surface area contributed by atoms with Gasteiger partial charge < -0.3 is 0 Å². The fourth-order valence-corrected chi connectivity index (χ4v) is 5.16. The van der Waals surface area contributed by atoms with Gasteiger partial charge in [-0.25, -0.2) is 12.9 Å². The van der Waals surface area contributed by atoms with Crippen LogP contribution in [0.2, 0.25) is 0 Å². The Morgan fingerprint density at radius 3 is 1.67 bits per heavy atom. The molecule has 18 heavy (non-hydrogen) atoms. The van der Waals surface area contributed by atoms with E-state index >= 15 is 0 Å². The van der Waals surface area contributed by atoms with E-state index in [1.165, 1.54) is 25.7 Å². The van der Waals surface area contributed by atoms with Crippen molar-refractivity contribution < 1.29 is 0 Å². The van der Waals surface area contributed by atoms with Gasteiger partial charge in [0.15, 0.2) is 0 Å². The van der Waals surface area contributed by atoms with Crippen molar-refractivity contribution in [3.8, 4) is 0 Å². The smallest absolute Gasteiger partial charge is 0.0140 e. The summed E-state index contributed by atoms with van der Waals surface area (Å²) in [5.74, 6) is 0. The zero-order chi connectivity index (χ0) is 14.2. The molecule has 0 rings (SSSR count). The molecule has 0 fully saturated rings. The third-order valence-corrected chi connectivity index (χ3v) is 8.61. The monoisotopic (exact) mass is 297 g/mol. The molecule has 112 valence electrons. The summed E-state index contributed by atoms with van der Waals surface area (Å²) in [6.07, 6.45) is 5.15. The molecule has 0 saturated carbocycles. The molecule has 0 heterocycles. The Balaban J connectivity index is 4.55. The van der Waals surface area contributed by atoms with Gasteiger partial charge in [0, 0.05) is 29.4 Å². The summed E-state index contributed by atoms with van der Waals surface area (Å²) in [6.45, 7) is 9.60. The normalized spacial score (nSPS) is 13.9. The van der Waals surface area contributed by atoms with Crippen LogP contribution in [-0.2, 0) is 0 Å². The predicted octanol–water partition coefficient (Wildman–Crippen LogP) is 4.11. The first-order valence-corrected chi connectivity index (χ1v) is 9.44. The highest BCUT2D eigenvalue weighted by atomic mass is 35.7. The molecule has 0 amide bonds. The van der Waals surface area contributed by atoms with E-state index in [0.717, 1.165) is 19.6 Å². The molecule has 0 aliphatic carbocycles. The predicted molar refractivity (Wildman–Crippen MR) is 86.8 cm³/mol. The molecule has 3 nitrogen and oxygen atoms in total. The summed E-state index contributed by atoms with van der Waals surface area (Å²) in [4.78, 5) is 0. The average Bonchev–Trinajstić information content (AvgIpc) is 2.40. The van der Waals surface area contributed by atoms with Gasteiger partial charge in [-0.05, 0) is 38.2 Å². The summed E-state index contributed by atoms with van der Waals surface area (Å²) in [5, 5.41) is 0. The Hall–Kier alpha value is 0.520. The maximum absolute atomic E-state index is 6.96. The molecular weight excluding hydrogens is 266 g/mol. The van der Waals surface area contributed by atoms with Gasteiger partial charge in [0.25, 0.3) is 0 Å². The minimum absolute atomic E-state index is 0.975. The first kappa shape index (κ1) is 18.5. The lowest BCUT2D eigenvalue weighted by Gasteiger charge is -2.52. The summed E-state index contributed by atoms with van der Waals surface area (Å²) in [7, 11) is 11.9. The maximum Gasteiger partial charge on any atom is 0.0140 e. The Kier molecular flexibility index (Phi) is 9.70. The third kappa shape index (κ3) is 4.89. The van der Waals surface area contributed by atoms with Gasteiger partial charge >= 0.3 is 0 Å². The van der Waals surface area contributed by atoms with Crippen molar-refractivity contribution in [1.82, 2.24) is 12.9 Å². The number of hydrogen-bond acceptors (Lipinski definition) is 3.